The van der Waals surface area contributed by atoms with Crippen LogP contribution in [0.3, 0.4) is 0 Å². The van der Waals surface area contributed by atoms with Crippen LogP contribution in [0.15, 0.2) is 47.4 Å². The molecular formula is C17H22N2OS. The predicted octanol–water partition coefficient (Wildman–Crippen LogP) is 3.88. The van der Waals surface area contributed by atoms with Crippen LogP contribution in [0.5, 0.6) is 5.88 Å². The van der Waals surface area contributed by atoms with E-state index in [9.17, 15) is 0 Å². The van der Waals surface area contributed by atoms with Crippen LogP contribution < -0.4 is 10.1 Å². The lowest BCUT2D eigenvalue weighted by atomic mass is 10.2. The zero-order chi connectivity index (χ0) is 14.9. The van der Waals surface area contributed by atoms with Crippen molar-refractivity contribution in [2.45, 2.75) is 30.5 Å². The first kappa shape index (κ1) is 15.9. The predicted molar refractivity (Wildman–Crippen MR) is 88.8 cm³/mol. The molecule has 21 heavy (non-hydrogen) atoms. The van der Waals surface area contributed by atoms with Crippen molar-refractivity contribution in [3.63, 3.8) is 0 Å². The van der Waals surface area contributed by atoms with E-state index in [1.165, 1.54) is 16.9 Å². The molecule has 0 amide bonds. The highest BCUT2D eigenvalue weighted by Gasteiger charge is 2.00. The van der Waals surface area contributed by atoms with E-state index >= 15 is 0 Å². The van der Waals surface area contributed by atoms with E-state index in [1.807, 2.05) is 18.2 Å². The van der Waals surface area contributed by atoms with Gasteiger partial charge in [0.05, 0.1) is 12.8 Å². The first-order valence-electron chi connectivity index (χ1n) is 7.24. The van der Waals surface area contributed by atoms with Crippen molar-refractivity contribution in [3.05, 3.63) is 53.7 Å². The molecule has 112 valence electrons. The fourth-order valence-electron chi connectivity index (χ4n) is 1.92. The molecule has 1 aromatic heterocycles. The Kier molecular flexibility index (Phi) is 6.57. The van der Waals surface area contributed by atoms with Crippen LogP contribution in [0.1, 0.15) is 24.6 Å². The van der Waals surface area contributed by atoms with Gasteiger partial charge in [-0.15, -0.1) is 11.8 Å². The van der Waals surface area contributed by atoms with E-state index in [0.29, 0.717) is 5.88 Å². The molecule has 0 radical (unpaired) electrons. The third kappa shape index (κ3) is 5.40. The molecule has 0 aliphatic carbocycles. The van der Waals surface area contributed by atoms with Gasteiger partial charge in [0.2, 0.25) is 5.88 Å². The van der Waals surface area contributed by atoms with Gasteiger partial charge >= 0.3 is 0 Å². The molecule has 0 bridgehead atoms. The first-order valence-corrected chi connectivity index (χ1v) is 8.22. The number of hydrogen-bond donors (Lipinski definition) is 1. The lowest BCUT2D eigenvalue weighted by Gasteiger charge is -2.06. The summed E-state index contributed by atoms with van der Waals surface area (Å²) < 4.78 is 5.14. The second-order valence-corrected chi connectivity index (χ2v) is 5.83. The molecule has 1 heterocycles. The van der Waals surface area contributed by atoms with Gasteiger partial charge in [0.15, 0.2) is 0 Å². The van der Waals surface area contributed by atoms with Gasteiger partial charge < -0.3 is 10.1 Å². The van der Waals surface area contributed by atoms with Crippen LogP contribution in [0, 0.1) is 0 Å². The van der Waals surface area contributed by atoms with Crippen LogP contribution in [0.2, 0.25) is 0 Å². The average molecular weight is 302 g/mol. The van der Waals surface area contributed by atoms with Crippen molar-refractivity contribution in [2.75, 3.05) is 13.7 Å². The van der Waals surface area contributed by atoms with Gasteiger partial charge in [-0.3, -0.25) is 0 Å². The average Bonchev–Trinajstić information content (AvgIpc) is 2.54. The van der Waals surface area contributed by atoms with E-state index < -0.39 is 0 Å². The molecule has 0 unspecified atom stereocenters. The maximum absolute atomic E-state index is 5.14. The largest absolute Gasteiger partial charge is 0.481 e. The minimum Gasteiger partial charge on any atom is -0.481 e. The summed E-state index contributed by atoms with van der Waals surface area (Å²) in [5.74, 6) is 1.52. The number of nitrogens with zero attached hydrogens (tertiary/aromatic N) is 1. The third-order valence-corrected chi connectivity index (χ3v) is 4.10. The Balaban J connectivity index is 1.85. The summed E-state index contributed by atoms with van der Waals surface area (Å²) in [6, 6.07) is 14.6. The van der Waals surface area contributed by atoms with Gasteiger partial charge in [-0.25, -0.2) is 4.98 Å². The summed E-state index contributed by atoms with van der Waals surface area (Å²) in [4.78, 5) is 5.68. The molecule has 0 atom stereocenters. The fraction of sp³-hybridized carbons (Fsp3) is 0.353. The van der Waals surface area contributed by atoms with Gasteiger partial charge in [0, 0.05) is 23.3 Å². The number of benzene rings is 1. The first-order chi connectivity index (χ1) is 10.3. The van der Waals surface area contributed by atoms with Crippen molar-refractivity contribution in [3.8, 4) is 5.88 Å². The zero-order valence-corrected chi connectivity index (χ0v) is 13.5. The number of methoxy groups -OCH3 is 1. The van der Waals surface area contributed by atoms with Gasteiger partial charge in [-0.1, -0.05) is 25.1 Å². The number of nitrogens with one attached hydrogen (secondary N) is 1. The summed E-state index contributed by atoms with van der Waals surface area (Å²) in [6.45, 7) is 4.19. The lowest BCUT2D eigenvalue weighted by Crippen LogP contribution is -2.13. The molecular weight excluding hydrogens is 280 g/mol. The van der Waals surface area contributed by atoms with Crippen LogP contribution in [0.25, 0.3) is 0 Å². The van der Waals surface area contributed by atoms with Crippen molar-refractivity contribution < 1.29 is 4.74 Å². The topological polar surface area (TPSA) is 34.1 Å². The van der Waals surface area contributed by atoms with Crippen LogP contribution >= 0.6 is 11.8 Å². The Bertz CT molecular complexity index is 543. The normalized spacial score (nSPS) is 10.6. The Labute approximate surface area is 131 Å². The molecule has 0 aliphatic rings. The minimum atomic E-state index is 0.672. The summed E-state index contributed by atoms with van der Waals surface area (Å²) in [7, 11) is 1.64. The number of ether oxygens (including phenoxy) is 1. The summed E-state index contributed by atoms with van der Waals surface area (Å²) in [6.07, 6.45) is 1.17. The van der Waals surface area contributed by atoms with Crippen molar-refractivity contribution in [1.29, 1.82) is 0 Å². The number of thioether (sulfide) groups is 1. The van der Waals surface area contributed by atoms with Crippen LogP contribution in [-0.4, -0.2) is 18.6 Å². The highest BCUT2D eigenvalue weighted by molar-refractivity contribution is 7.98. The van der Waals surface area contributed by atoms with Gasteiger partial charge in [0.25, 0.3) is 0 Å². The summed E-state index contributed by atoms with van der Waals surface area (Å²) in [5, 5.41) is 3.41. The highest BCUT2D eigenvalue weighted by Crippen LogP contribution is 2.23. The molecule has 1 N–H and O–H groups in total. The second-order valence-electron chi connectivity index (χ2n) is 4.78. The SMILES string of the molecule is CCCNCc1ccc(SCc2cccc(OC)n2)cc1. The van der Waals surface area contributed by atoms with Gasteiger partial charge in [-0.05, 0) is 36.7 Å². The molecule has 0 fully saturated rings. The Morgan fingerprint density at radius 2 is 1.95 bits per heavy atom. The molecule has 1 aromatic carbocycles. The van der Waals surface area contributed by atoms with E-state index in [0.717, 1.165) is 24.5 Å². The van der Waals surface area contributed by atoms with Gasteiger partial charge in [-0.2, -0.15) is 0 Å². The second kappa shape index (κ2) is 8.70. The molecule has 0 saturated carbocycles. The zero-order valence-electron chi connectivity index (χ0n) is 12.6. The molecule has 3 nitrogen and oxygen atoms in total. The quantitative estimate of drug-likeness (QED) is 0.593. The number of aromatic nitrogens is 1. The highest BCUT2D eigenvalue weighted by atomic mass is 32.2. The Morgan fingerprint density at radius 3 is 2.67 bits per heavy atom. The standard InChI is InChI=1S/C17H22N2OS/c1-3-11-18-12-14-7-9-16(10-8-14)21-13-15-5-4-6-17(19-15)20-2/h4-10,18H,3,11-13H2,1-2H3. The lowest BCUT2D eigenvalue weighted by molar-refractivity contribution is 0.397. The number of pyridine rings is 1. The third-order valence-electron chi connectivity index (χ3n) is 3.06. The monoisotopic (exact) mass is 302 g/mol. The van der Waals surface area contributed by atoms with Crippen LogP contribution in [0.4, 0.5) is 0 Å². The fourth-order valence-corrected chi connectivity index (χ4v) is 2.73. The van der Waals surface area contributed by atoms with Gasteiger partial charge in [0.1, 0.15) is 0 Å². The maximum atomic E-state index is 5.14. The van der Waals surface area contributed by atoms with Crippen molar-refractivity contribution in [2.24, 2.45) is 0 Å². The summed E-state index contributed by atoms with van der Waals surface area (Å²) in [5.41, 5.74) is 2.36. The molecule has 0 aliphatic heterocycles. The van der Waals surface area contributed by atoms with Crippen molar-refractivity contribution >= 4 is 11.8 Å². The summed E-state index contributed by atoms with van der Waals surface area (Å²) >= 11 is 1.79. The Hall–Kier alpha value is -1.52. The van der Waals surface area contributed by atoms with E-state index in [2.05, 4.69) is 41.5 Å². The Morgan fingerprint density at radius 1 is 1.14 bits per heavy atom. The minimum absolute atomic E-state index is 0.672. The molecule has 2 aromatic rings. The van der Waals surface area contributed by atoms with E-state index in [-0.39, 0.29) is 0 Å². The van der Waals surface area contributed by atoms with E-state index in [4.69, 9.17) is 4.74 Å². The molecule has 0 saturated heterocycles. The van der Waals surface area contributed by atoms with Crippen LogP contribution in [-0.2, 0) is 12.3 Å². The smallest absolute Gasteiger partial charge is 0.213 e. The van der Waals surface area contributed by atoms with Crippen molar-refractivity contribution in [1.82, 2.24) is 10.3 Å². The molecule has 2 rings (SSSR count). The number of hydrogen-bond acceptors (Lipinski definition) is 4. The molecule has 4 heteroatoms. The number of rotatable bonds is 8. The molecule has 0 spiro atoms. The maximum Gasteiger partial charge on any atom is 0.213 e. The van der Waals surface area contributed by atoms with E-state index in [1.54, 1.807) is 18.9 Å².